The largest absolute Gasteiger partial charge is 0.496 e. The minimum Gasteiger partial charge on any atom is -0.496 e. The molecule has 5 aromatic rings. The van der Waals surface area contributed by atoms with E-state index in [2.05, 4.69) is 10.1 Å². The lowest BCUT2D eigenvalue weighted by molar-refractivity contribution is 0.416. The zero-order chi connectivity index (χ0) is 21.2. The number of methoxy groups -OCH3 is 1. The molecule has 7 heteroatoms. The molecule has 0 fully saturated rings. The van der Waals surface area contributed by atoms with E-state index in [9.17, 15) is 4.79 Å². The molecular formula is C24H17N3O3S. The van der Waals surface area contributed by atoms with E-state index in [4.69, 9.17) is 9.47 Å². The van der Waals surface area contributed by atoms with Gasteiger partial charge < -0.3 is 9.47 Å². The Hall–Kier alpha value is -3.97. The average Bonchev–Trinajstić information content (AvgIpc) is 3.34. The van der Waals surface area contributed by atoms with Crippen molar-refractivity contribution in [3.63, 3.8) is 0 Å². The van der Waals surface area contributed by atoms with Gasteiger partial charge in [-0.15, -0.1) is 5.10 Å². The average molecular weight is 427 g/mol. The van der Waals surface area contributed by atoms with Crippen molar-refractivity contribution in [2.75, 3.05) is 7.11 Å². The maximum atomic E-state index is 12.9. The SMILES string of the molecule is COc1ccccc1-c1nc2sc(=Cc3cccc(Oc4ccccc4)c3)c(=O)n2n1. The molecule has 0 radical (unpaired) electrons. The number of benzene rings is 3. The summed E-state index contributed by atoms with van der Waals surface area (Å²) in [6, 6.07) is 24.6. The molecule has 0 saturated heterocycles. The monoisotopic (exact) mass is 427 g/mol. The zero-order valence-electron chi connectivity index (χ0n) is 16.6. The highest BCUT2D eigenvalue weighted by atomic mass is 32.1. The first-order valence-electron chi connectivity index (χ1n) is 9.59. The van der Waals surface area contributed by atoms with Crippen LogP contribution >= 0.6 is 11.3 Å². The smallest absolute Gasteiger partial charge is 0.291 e. The van der Waals surface area contributed by atoms with Gasteiger partial charge in [0, 0.05) is 0 Å². The summed E-state index contributed by atoms with van der Waals surface area (Å²) in [6.07, 6.45) is 1.82. The van der Waals surface area contributed by atoms with Gasteiger partial charge in [0.15, 0.2) is 5.82 Å². The van der Waals surface area contributed by atoms with Crippen LogP contribution in [-0.4, -0.2) is 21.7 Å². The van der Waals surface area contributed by atoms with Crippen molar-refractivity contribution >= 4 is 22.4 Å². The minimum atomic E-state index is -0.206. The number of hydrogen-bond acceptors (Lipinski definition) is 6. The summed E-state index contributed by atoms with van der Waals surface area (Å²) in [5.74, 6) is 2.58. The van der Waals surface area contributed by atoms with Crippen molar-refractivity contribution in [1.29, 1.82) is 0 Å². The van der Waals surface area contributed by atoms with Crippen LogP contribution in [0.5, 0.6) is 17.2 Å². The van der Waals surface area contributed by atoms with Gasteiger partial charge >= 0.3 is 0 Å². The van der Waals surface area contributed by atoms with Crippen molar-refractivity contribution in [2.24, 2.45) is 0 Å². The number of nitrogens with zero attached hydrogens (tertiary/aromatic N) is 3. The number of para-hydroxylation sites is 2. The van der Waals surface area contributed by atoms with Crippen LogP contribution in [0.25, 0.3) is 22.4 Å². The molecule has 0 amide bonds. The van der Waals surface area contributed by atoms with Crippen LogP contribution < -0.4 is 19.6 Å². The Morgan fingerprint density at radius 2 is 1.71 bits per heavy atom. The molecule has 2 aromatic heterocycles. The van der Waals surface area contributed by atoms with Crippen molar-refractivity contribution in [3.8, 4) is 28.6 Å². The van der Waals surface area contributed by atoms with Crippen molar-refractivity contribution in [1.82, 2.24) is 14.6 Å². The predicted molar refractivity (Wildman–Crippen MR) is 121 cm³/mol. The molecule has 2 heterocycles. The molecule has 0 saturated carbocycles. The van der Waals surface area contributed by atoms with E-state index in [0.29, 0.717) is 26.8 Å². The lowest BCUT2D eigenvalue weighted by atomic mass is 10.2. The Balaban J connectivity index is 1.50. The first-order valence-corrected chi connectivity index (χ1v) is 10.4. The van der Waals surface area contributed by atoms with Gasteiger partial charge in [-0.2, -0.15) is 9.50 Å². The van der Waals surface area contributed by atoms with Crippen LogP contribution in [0, 0.1) is 0 Å². The number of thiazole rings is 1. The Bertz CT molecular complexity index is 1480. The second-order valence-corrected chi connectivity index (χ2v) is 7.74. The van der Waals surface area contributed by atoms with Crippen molar-refractivity contribution in [3.05, 3.63) is 99.3 Å². The van der Waals surface area contributed by atoms with E-state index in [-0.39, 0.29) is 5.56 Å². The summed E-state index contributed by atoms with van der Waals surface area (Å²) in [4.78, 5) is 18.0. The summed E-state index contributed by atoms with van der Waals surface area (Å²) >= 11 is 1.30. The van der Waals surface area contributed by atoms with E-state index in [0.717, 1.165) is 16.9 Å². The van der Waals surface area contributed by atoms with E-state index in [1.165, 1.54) is 15.9 Å². The number of hydrogen-bond donors (Lipinski definition) is 0. The van der Waals surface area contributed by atoms with Crippen LogP contribution in [-0.2, 0) is 0 Å². The molecule has 0 aliphatic carbocycles. The number of ether oxygens (including phenoxy) is 2. The third-order valence-electron chi connectivity index (χ3n) is 4.66. The van der Waals surface area contributed by atoms with E-state index in [1.54, 1.807) is 7.11 Å². The molecule has 0 aliphatic rings. The fourth-order valence-electron chi connectivity index (χ4n) is 3.22. The summed E-state index contributed by atoms with van der Waals surface area (Å²) in [5.41, 5.74) is 1.40. The highest BCUT2D eigenvalue weighted by Crippen LogP contribution is 2.27. The predicted octanol–water partition coefficient (Wildman–Crippen LogP) is 4.17. The molecule has 0 N–H and O–H groups in total. The normalized spacial score (nSPS) is 11.7. The molecule has 0 aliphatic heterocycles. The second-order valence-electron chi connectivity index (χ2n) is 6.73. The van der Waals surface area contributed by atoms with Gasteiger partial charge in [-0.1, -0.05) is 53.8 Å². The van der Waals surface area contributed by atoms with Crippen LogP contribution in [0.4, 0.5) is 0 Å². The van der Waals surface area contributed by atoms with E-state index < -0.39 is 0 Å². The van der Waals surface area contributed by atoms with Gasteiger partial charge in [-0.3, -0.25) is 4.79 Å². The molecule has 0 bridgehead atoms. The number of rotatable bonds is 5. The first kappa shape index (κ1) is 19.0. The molecule has 6 nitrogen and oxygen atoms in total. The fraction of sp³-hybridized carbons (Fsp3) is 0.0417. The Morgan fingerprint density at radius 1 is 0.935 bits per heavy atom. The quantitative estimate of drug-likeness (QED) is 0.421. The van der Waals surface area contributed by atoms with Crippen molar-refractivity contribution < 1.29 is 9.47 Å². The lowest BCUT2D eigenvalue weighted by Gasteiger charge is -2.05. The number of fused-ring (bicyclic) bond motifs is 1. The molecule has 0 unspecified atom stereocenters. The summed E-state index contributed by atoms with van der Waals surface area (Å²) in [7, 11) is 1.60. The molecule has 3 aromatic carbocycles. The lowest BCUT2D eigenvalue weighted by Crippen LogP contribution is -2.23. The number of aromatic nitrogens is 3. The van der Waals surface area contributed by atoms with Crippen LogP contribution in [0.2, 0.25) is 0 Å². The summed E-state index contributed by atoms with van der Waals surface area (Å²) in [5, 5.41) is 4.41. The first-order chi connectivity index (χ1) is 15.2. The molecule has 0 atom stereocenters. The fourth-order valence-corrected chi connectivity index (χ4v) is 4.13. The highest BCUT2D eigenvalue weighted by molar-refractivity contribution is 7.15. The highest BCUT2D eigenvalue weighted by Gasteiger charge is 2.14. The summed E-state index contributed by atoms with van der Waals surface area (Å²) < 4.78 is 13.1. The molecule has 152 valence electrons. The summed E-state index contributed by atoms with van der Waals surface area (Å²) in [6.45, 7) is 0. The molecule has 31 heavy (non-hydrogen) atoms. The van der Waals surface area contributed by atoms with Crippen LogP contribution in [0.15, 0.2) is 83.7 Å². The van der Waals surface area contributed by atoms with Gasteiger partial charge in [0.25, 0.3) is 5.56 Å². The maximum absolute atomic E-state index is 12.9. The Morgan fingerprint density at radius 3 is 2.52 bits per heavy atom. The minimum absolute atomic E-state index is 0.206. The molecule has 5 rings (SSSR count). The third-order valence-corrected chi connectivity index (χ3v) is 5.62. The van der Waals surface area contributed by atoms with Gasteiger partial charge in [-0.05, 0) is 48.0 Å². The Labute approximate surface area is 181 Å². The maximum Gasteiger partial charge on any atom is 0.291 e. The van der Waals surface area contributed by atoms with Crippen LogP contribution in [0.3, 0.4) is 0 Å². The standard InChI is InChI=1S/C24H17N3O3S/c1-29-20-13-6-5-12-19(20)22-25-24-27(26-22)23(28)21(31-24)15-16-8-7-11-18(14-16)30-17-9-3-2-4-10-17/h2-15H,1H3. The Kier molecular flexibility index (Phi) is 4.93. The van der Waals surface area contributed by atoms with Gasteiger partial charge in [0.1, 0.15) is 17.2 Å². The van der Waals surface area contributed by atoms with Gasteiger partial charge in [0.2, 0.25) is 4.96 Å². The van der Waals surface area contributed by atoms with Crippen molar-refractivity contribution in [2.45, 2.75) is 0 Å². The second kappa shape index (κ2) is 8.04. The van der Waals surface area contributed by atoms with Gasteiger partial charge in [0.05, 0.1) is 17.2 Å². The molecular weight excluding hydrogens is 410 g/mol. The van der Waals surface area contributed by atoms with Gasteiger partial charge in [-0.25, -0.2) is 0 Å². The zero-order valence-corrected chi connectivity index (χ0v) is 17.4. The van der Waals surface area contributed by atoms with E-state index in [1.807, 2.05) is 84.9 Å². The van der Waals surface area contributed by atoms with E-state index >= 15 is 0 Å². The van der Waals surface area contributed by atoms with Crippen LogP contribution in [0.1, 0.15) is 5.56 Å². The topological polar surface area (TPSA) is 65.7 Å². The molecule has 0 spiro atoms. The third kappa shape index (κ3) is 3.78.